The molecule has 1 aromatic rings. The summed E-state index contributed by atoms with van der Waals surface area (Å²) in [5, 5.41) is 22.4. The molecule has 0 saturated carbocycles. The molecule has 1 atom stereocenters. The van der Waals surface area contributed by atoms with Crippen LogP contribution in [0.2, 0.25) is 0 Å². The van der Waals surface area contributed by atoms with Crippen LogP contribution in [0.4, 0.5) is 4.79 Å². The summed E-state index contributed by atoms with van der Waals surface area (Å²) in [7, 11) is 1.58. The van der Waals surface area contributed by atoms with Crippen molar-refractivity contribution < 1.29 is 24.5 Å². The van der Waals surface area contributed by atoms with E-state index in [0.717, 1.165) is 5.56 Å². The van der Waals surface area contributed by atoms with E-state index in [-0.39, 0.29) is 12.6 Å². The van der Waals surface area contributed by atoms with E-state index in [4.69, 9.17) is 9.47 Å². The third kappa shape index (κ3) is 4.99. The number of nitrogens with zero attached hydrogens (tertiary/aromatic N) is 1. The molecule has 1 aliphatic rings. The number of aliphatic hydroxyl groups is 2. The highest BCUT2D eigenvalue weighted by Crippen LogP contribution is 2.31. The fourth-order valence-electron chi connectivity index (χ4n) is 2.99. The number of para-hydroxylation sites is 1. The van der Waals surface area contributed by atoms with Crippen molar-refractivity contribution in [1.29, 1.82) is 0 Å². The molecular formula is C18H28N2O5. The second-order valence-electron chi connectivity index (χ2n) is 6.26. The molecule has 1 saturated heterocycles. The van der Waals surface area contributed by atoms with Gasteiger partial charge in [0.2, 0.25) is 0 Å². The summed E-state index contributed by atoms with van der Waals surface area (Å²) < 4.78 is 11.0. The number of aliphatic hydroxyl groups excluding tert-OH is 1. The summed E-state index contributed by atoms with van der Waals surface area (Å²) >= 11 is 0. The molecule has 2 rings (SSSR count). The van der Waals surface area contributed by atoms with Crippen LogP contribution in [0.3, 0.4) is 0 Å². The second-order valence-corrected chi connectivity index (χ2v) is 6.26. The molecular weight excluding hydrogens is 324 g/mol. The highest BCUT2D eigenvalue weighted by Gasteiger charge is 2.30. The van der Waals surface area contributed by atoms with E-state index in [1.807, 2.05) is 25.1 Å². The van der Waals surface area contributed by atoms with E-state index in [1.165, 1.54) is 0 Å². The first kappa shape index (κ1) is 19.3. The van der Waals surface area contributed by atoms with Gasteiger partial charge in [-0.15, -0.1) is 0 Å². The Morgan fingerprint density at radius 2 is 2.16 bits per heavy atom. The molecule has 1 fully saturated rings. The third-order valence-corrected chi connectivity index (χ3v) is 4.50. The second kappa shape index (κ2) is 8.92. The van der Waals surface area contributed by atoms with E-state index in [0.29, 0.717) is 57.0 Å². The number of methoxy groups -OCH3 is 1. The molecule has 0 aromatic heterocycles. The van der Waals surface area contributed by atoms with Gasteiger partial charge in [0.15, 0.2) is 11.5 Å². The van der Waals surface area contributed by atoms with Crippen LogP contribution in [0.1, 0.15) is 31.7 Å². The number of rotatable bonds is 6. The Morgan fingerprint density at radius 3 is 2.84 bits per heavy atom. The molecule has 1 unspecified atom stereocenters. The van der Waals surface area contributed by atoms with E-state index >= 15 is 0 Å². The molecule has 0 radical (unpaired) electrons. The van der Waals surface area contributed by atoms with Crippen molar-refractivity contribution in [3.63, 3.8) is 0 Å². The first-order chi connectivity index (χ1) is 12.0. The molecule has 1 aromatic carbocycles. The standard InChI is InChI=1S/C18H28N2O5/c1-3-25-16-14(6-4-7-15(16)24-2)12-19-17(22)20-10-5-8-18(23,13-21)9-11-20/h4,6-7,21,23H,3,5,8-13H2,1-2H3,(H,19,22). The van der Waals surface area contributed by atoms with Gasteiger partial charge < -0.3 is 29.9 Å². The van der Waals surface area contributed by atoms with Gasteiger partial charge in [0, 0.05) is 25.2 Å². The molecule has 0 spiro atoms. The topological polar surface area (TPSA) is 91.3 Å². The van der Waals surface area contributed by atoms with Crippen molar-refractivity contribution in [2.45, 2.75) is 38.3 Å². The Balaban J connectivity index is 1.98. The number of carbonyl (C=O) groups is 1. The monoisotopic (exact) mass is 352 g/mol. The lowest BCUT2D eigenvalue weighted by molar-refractivity contribution is -0.0248. The molecule has 2 amide bonds. The predicted molar refractivity (Wildman–Crippen MR) is 93.9 cm³/mol. The third-order valence-electron chi connectivity index (χ3n) is 4.50. The SMILES string of the molecule is CCOc1c(CNC(=O)N2CCCC(O)(CO)CC2)cccc1OC. The zero-order valence-corrected chi connectivity index (χ0v) is 15.0. The number of likely N-dealkylation sites (tertiary alicyclic amines) is 1. The maximum Gasteiger partial charge on any atom is 0.317 e. The van der Waals surface area contributed by atoms with Gasteiger partial charge in [-0.3, -0.25) is 0 Å². The number of benzene rings is 1. The van der Waals surface area contributed by atoms with Crippen LogP contribution in [0.15, 0.2) is 18.2 Å². The number of hydrogen-bond donors (Lipinski definition) is 3. The van der Waals surface area contributed by atoms with Gasteiger partial charge in [0.25, 0.3) is 0 Å². The van der Waals surface area contributed by atoms with E-state index in [1.54, 1.807) is 12.0 Å². The van der Waals surface area contributed by atoms with Gasteiger partial charge in [-0.1, -0.05) is 12.1 Å². The minimum atomic E-state index is -1.08. The van der Waals surface area contributed by atoms with Crippen LogP contribution < -0.4 is 14.8 Å². The van der Waals surface area contributed by atoms with Crippen LogP contribution in [-0.2, 0) is 6.54 Å². The van der Waals surface area contributed by atoms with Crippen molar-refractivity contribution in [2.75, 3.05) is 33.4 Å². The van der Waals surface area contributed by atoms with Crippen molar-refractivity contribution in [3.05, 3.63) is 23.8 Å². The van der Waals surface area contributed by atoms with Crippen LogP contribution in [0.5, 0.6) is 11.5 Å². The molecule has 140 valence electrons. The highest BCUT2D eigenvalue weighted by atomic mass is 16.5. The number of nitrogens with one attached hydrogen (secondary N) is 1. The van der Waals surface area contributed by atoms with Gasteiger partial charge in [0.05, 0.1) is 25.9 Å². The Morgan fingerprint density at radius 1 is 1.36 bits per heavy atom. The van der Waals surface area contributed by atoms with E-state index in [2.05, 4.69) is 5.32 Å². The van der Waals surface area contributed by atoms with E-state index < -0.39 is 5.60 Å². The maximum atomic E-state index is 12.4. The van der Waals surface area contributed by atoms with Crippen LogP contribution in [0.25, 0.3) is 0 Å². The zero-order valence-electron chi connectivity index (χ0n) is 15.0. The molecule has 3 N–H and O–H groups in total. The van der Waals surface area contributed by atoms with Crippen molar-refractivity contribution >= 4 is 6.03 Å². The minimum Gasteiger partial charge on any atom is -0.493 e. The minimum absolute atomic E-state index is 0.188. The average Bonchev–Trinajstić information content (AvgIpc) is 2.83. The number of amides is 2. The fraction of sp³-hybridized carbons (Fsp3) is 0.611. The number of urea groups is 1. The van der Waals surface area contributed by atoms with Gasteiger partial charge in [-0.05, 0) is 32.3 Å². The molecule has 1 heterocycles. The first-order valence-corrected chi connectivity index (χ1v) is 8.67. The zero-order chi connectivity index (χ0) is 18.3. The summed E-state index contributed by atoms with van der Waals surface area (Å²) in [5.74, 6) is 1.27. The molecule has 1 aliphatic heterocycles. The van der Waals surface area contributed by atoms with Crippen molar-refractivity contribution in [1.82, 2.24) is 10.2 Å². The average molecular weight is 352 g/mol. The first-order valence-electron chi connectivity index (χ1n) is 8.67. The predicted octanol–water partition coefficient (Wildman–Crippen LogP) is 1.51. The molecule has 7 heteroatoms. The molecule has 25 heavy (non-hydrogen) atoms. The quantitative estimate of drug-likeness (QED) is 0.722. The van der Waals surface area contributed by atoms with Gasteiger partial charge >= 0.3 is 6.03 Å². The Kier molecular flexibility index (Phi) is 6.90. The summed E-state index contributed by atoms with van der Waals surface area (Å²) in [6.07, 6.45) is 1.53. The summed E-state index contributed by atoms with van der Waals surface area (Å²) in [5.41, 5.74) is -0.236. The summed E-state index contributed by atoms with van der Waals surface area (Å²) in [6.45, 7) is 3.43. The summed E-state index contributed by atoms with van der Waals surface area (Å²) in [6, 6.07) is 5.38. The Bertz CT molecular complexity index is 581. The van der Waals surface area contributed by atoms with Crippen LogP contribution >= 0.6 is 0 Å². The molecule has 7 nitrogen and oxygen atoms in total. The Hall–Kier alpha value is -1.99. The van der Waals surface area contributed by atoms with E-state index in [9.17, 15) is 15.0 Å². The number of ether oxygens (including phenoxy) is 2. The smallest absolute Gasteiger partial charge is 0.317 e. The lowest BCUT2D eigenvalue weighted by atomic mass is 9.96. The lowest BCUT2D eigenvalue weighted by Crippen LogP contribution is -2.41. The van der Waals surface area contributed by atoms with Gasteiger partial charge in [-0.2, -0.15) is 0 Å². The molecule has 0 bridgehead atoms. The van der Waals surface area contributed by atoms with Crippen molar-refractivity contribution in [2.24, 2.45) is 0 Å². The van der Waals surface area contributed by atoms with Crippen LogP contribution in [-0.4, -0.2) is 60.2 Å². The van der Waals surface area contributed by atoms with Crippen molar-refractivity contribution in [3.8, 4) is 11.5 Å². The largest absolute Gasteiger partial charge is 0.493 e. The summed E-state index contributed by atoms with van der Waals surface area (Å²) in [4.78, 5) is 14.1. The van der Waals surface area contributed by atoms with Gasteiger partial charge in [0.1, 0.15) is 0 Å². The maximum absolute atomic E-state index is 12.4. The number of carbonyl (C=O) groups excluding carboxylic acids is 1. The highest BCUT2D eigenvalue weighted by molar-refractivity contribution is 5.74. The Labute approximate surface area is 148 Å². The normalized spacial score (nSPS) is 20.7. The number of hydrogen-bond acceptors (Lipinski definition) is 5. The van der Waals surface area contributed by atoms with Crippen LogP contribution in [0, 0.1) is 0 Å². The van der Waals surface area contributed by atoms with Gasteiger partial charge in [-0.25, -0.2) is 4.79 Å². The molecule has 0 aliphatic carbocycles. The fourth-order valence-corrected chi connectivity index (χ4v) is 2.99. The lowest BCUT2D eigenvalue weighted by Gasteiger charge is -2.24.